The molecule has 1 aromatic rings. The van der Waals surface area contributed by atoms with Crippen molar-refractivity contribution in [3.05, 3.63) is 35.1 Å². The number of hydrogen-bond donors (Lipinski definition) is 1. The van der Waals surface area contributed by atoms with Gasteiger partial charge in [0.15, 0.2) is 0 Å². The summed E-state index contributed by atoms with van der Waals surface area (Å²) in [6.45, 7) is 3.48. The van der Waals surface area contributed by atoms with E-state index in [4.69, 9.17) is 0 Å². The summed E-state index contributed by atoms with van der Waals surface area (Å²) >= 11 is 0. The van der Waals surface area contributed by atoms with Crippen LogP contribution < -0.4 is 10.1 Å². The Balaban J connectivity index is 1.13. The lowest BCUT2D eigenvalue weighted by Crippen LogP contribution is -2.41. The van der Waals surface area contributed by atoms with Gasteiger partial charge in [-0.2, -0.15) is 0 Å². The lowest BCUT2D eigenvalue weighted by atomic mass is 10.2. The first kappa shape index (κ1) is 20.5. The molecular weight excluding hydrogens is 383 g/mol. The molecule has 2 aliphatic carbocycles. The van der Waals surface area contributed by atoms with Gasteiger partial charge in [0, 0.05) is 19.1 Å². The first-order valence-corrected chi connectivity index (χ1v) is 10.4. The molecule has 3 fully saturated rings. The highest BCUT2D eigenvalue weighted by molar-refractivity contribution is 5.78. The summed E-state index contributed by atoms with van der Waals surface area (Å²) in [5, 5.41) is 7.68. The molecule has 0 aromatic heterocycles. The maximum atomic E-state index is 12.3. The van der Waals surface area contributed by atoms with Crippen LogP contribution in [0.2, 0.25) is 0 Å². The molecule has 1 saturated heterocycles. The van der Waals surface area contributed by atoms with E-state index in [1.807, 2.05) is 0 Å². The number of benzene rings is 1. The highest BCUT2D eigenvalue weighted by Crippen LogP contribution is 2.52. The van der Waals surface area contributed by atoms with Crippen LogP contribution >= 0.6 is 0 Å². The summed E-state index contributed by atoms with van der Waals surface area (Å²) in [7, 11) is 0. The number of amides is 1. The number of alkyl halides is 3. The van der Waals surface area contributed by atoms with Gasteiger partial charge in [-0.3, -0.25) is 9.69 Å². The number of ether oxygens (including phenoxy) is 1. The number of carbonyl (C=O) groups is 1. The Morgan fingerprint density at radius 3 is 2.62 bits per heavy atom. The van der Waals surface area contributed by atoms with E-state index in [1.54, 1.807) is 12.1 Å². The van der Waals surface area contributed by atoms with Crippen molar-refractivity contribution in [2.75, 3.05) is 26.2 Å². The smallest absolute Gasteiger partial charge is 0.573 e. The number of carbonyl (C=O) groups excluding carboxylic acids is 1. The normalized spacial score (nSPS) is 27.1. The van der Waals surface area contributed by atoms with Gasteiger partial charge < -0.3 is 15.4 Å². The van der Waals surface area contributed by atoms with Crippen molar-refractivity contribution in [1.29, 1.82) is 0 Å². The van der Waals surface area contributed by atoms with Crippen LogP contribution in [0, 0.1) is 17.8 Å². The first-order valence-electron chi connectivity index (χ1n) is 10.4. The second-order valence-corrected chi connectivity index (χ2v) is 8.49. The minimum Gasteiger partial charge on any atom is -0.658 e. The Labute approximate surface area is 169 Å². The van der Waals surface area contributed by atoms with Crippen molar-refractivity contribution in [2.45, 2.75) is 44.6 Å². The monoisotopic (exact) mass is 410 g/mol. The number of likely N-dealkylation sites (tertiary alicyclic amines) is 1. The lowest BCUT2D eigenvalue weighted by molar-refractivity contribution is -0.274. The second kappa shape index (κ2) is 8.52. The zero-order valence-electron chi connectivity index (χ0n) is 16.3. The van der Waals surface area contributed by atoms with Crippen LogP contribution in [0.25, 0.3) is 5.32 Å². The predicted octanol–water partition coefficient (Wildman–Crippen LogP) is 3.70. The molecule has 8 heteroatoms. The van der Waals surface area contributed by atoms with E-state index in [-0.39, 0.29) is 11.7 Å². The summed E-state index contributed by atoms with van der Waals surface area (Å²) in [5.41, 5.74) is 0.711. The van der Waals surface area contributed by atoms with E-state index in [2.05, 4.69) is 20.3 Å². The largest absolute Gasteiger partial charge is 0.658 e. The maximum Gasteiger partial charge on any atom is 0.573 e. The molecule has 2 saturated carbocycles. The number of piperidine rings is 1. The molecule has 29 heavy (non-hydrogen) atoms. The van der Waals surface area contributed by atoms with Crippen LogP contribution in [0.15, 0.2) is 24.3 Å². The lowest BCUT2D eigenvalue weighted by Gasteiger charge is -2.24. The van der Waals surface area contributed by atoms with Crippen molar-refractivity contribution in [3.63, 3.8) is 0 Å². The Morgan fingerprint density at radius 1 is 1.21 bits per heavy atom. The molecule has 0 spiro atoms. The molecule has 5 nitrogen and oxygen atoms in total. The van der Waals surface area contributed by atoms with Crippen molar-refractivity contribution in [3.8, 4) is 5.75 Å². The topological polar surface area (TPSA) is 55.7 Å². The van der Waals surface area contributed by atoms with Crippen molar-refractivity contribution in [1.82, 2.24) is 10.2 Å². The van der Waals surface area contributed by atoms with E-state index >= 15 is 0 Å². The fourth-order valence-corrected chi connectivity index (χ4v) is 4.87. The third kappa shape index (κ3) is 5.63. The Kier molecular flexibility index (Phi) is 6.01. The molecule has 2 atom stereocenters. The fraction of sp³-hybridized carbons (Fsp3) is 0.667. The quantitative estimate of drug-likeness (QED) is 0.711. The molecule has 0 radical (unpaired) electrons. The number of nitrogens with zero attached hydrogens (tertiary/aromatic N) is 2. The zero-order valence-corrected chi connectivity index (χ0v) is 16.3. The molecule has 3 aliphatic rings. The summed E-state index contributed by atoms with van der Waals surface area (Å²) < 4.78 is 40.9. The van der Waals surface area contributed by atoms with Gasteiger partial charge in [-0.05, 0) is 36.8 Å². The van der Waals surface area contributed by atoms with Gasteiger partial charge in [0.25, 0.3) is 0 Å². The van der Waals surface area contributed by atoms with E-state index in [0.29, 0.717) is 42.4 Å². The summed E-state index contributed by atoms with van der Waals surface area (Å²) in [6.07, 6.45) is -0.0496. The number of rotatable bonds is 8. The number of nitrogens with one attached hydrogen (secondary N) is 1. The molecule has 1 heterocycles. The van der Waals surface area contributed by atoms with Crippen LogP contribution in [0.3, 0.4) is 0 Å². The summed E-state index contributed by atoms with van der Waals surface area (Å²) in [4.78, 5) is 14.4. The van der Waals surface area contributed by atoms with Gasteiger partial charge in [0.2, 0.25) is 5.91 Å². The van der Waals surface area contributed by atoms with Gasteiger partial charge in [-0.25, -0.2) is 0 Å². The molecule has 4 rings (SSSR count). The molecule has 1 aliphatic heterocycles. The molecule has 1 amide bonds. The van der Waals surface area contributed by atoms with Crippen molar-refractivity contribution >= 4 is 5.91 Å². The van der Waals surface area contributed by atoms with Gasteiger partial charge in [0.05, 0.1) is 6.54 Å². The van der Waals surface area contributed by atoms with E-state index < -0.39 is 6.36 Å². The molecule has 0 bridgehead atoms. The van der Waals surface area contributed by atoms with Crippen LogP contribution in [0.5, 0.6) is 5.75 Å². The summed E-state index contributed by atoms with van der Waals surface area (Å²) in [6, 6.07) is 6.35. The van der Waals surface area contributed by atoms with Gasteiger partial charge >= 0.3 is 6.36 Å². The van der Waals surface area contributed by atoms with E-state index in [9.17, 15) is 18.0 Å². The minimum atomic E-state index is -4.68. The van der Waals surface area contributed by atoms with Crippen LogP contribution in [0.4, 0.5) is 13.2 Å². The molecular formula is C21H27F3N3O2-. The van der Waals surface area contributed by atoms with Gasteiger partial charge in [-0.1, -0.05) is 36.5 Å². The molecule has 160 valence electrons. The first-order chi connectivity index (χ1) is 13.9. The van der Waals surface area contributed by atoms with Gasteiger partial charge in [-0.15, -0.1) is 26.3 Å². The highest BCUT2D eigenvalue weighted by Gasteiger charge is 2.53. The highest BCUT2D eigenvalue weighted by atomic mass is 19.4. The van der Waals surface area contributed by atoms with Crippen molar-refractivity contribution in [2.24, 2.45) is 17.8 Å². The van der Waals surface area contributed by atoms with E-state index in [1.165, 1.54) is 25.0 Å². The predicted molar refractivity (Wildman–Crippen MR) is 102 cm³/mol. The minimum absolute atomic E-state index is 0.139. The second-order valence-electron chi connectivity index (χ2n) is 8.49. The standard InChI is InChI=1S/C21H27F3N3O2/c22-21(23,24)29-16-7-3-4-14(8-16)9-25-10-17-18-11-27(12-19(17)18)13-20(28)26-15-5-1-2-6-15/h3-4,7-8,15,17-19H,1-2,5-6,9-13H2,(H,26,28)/q-1. The Morgan fingerprint density at radius 2 is 1.93 bits per heavy atom. The summed E-state index contributed by atoms with van der Waals surface area (Å²) in [5.74, 6) is 1.66. The van der Waals surface area contributed by atoms with Crippen molar-refractivity contribution < 1.29 is 22.7 Å². The Hall–Kier alpha value is -1.80. The van der Waals surface area contributed by atoms with E-state index in [0.717, 1.165) is 32.5 Å². The van der Waals surface area contributed by atoms with Crippen LogP contribution in [-0.2, 0) is 11.3 Å². The zero-order chi connectivity index (χ0) is 20.4. The number of fused-ring (bicyclic) bond motifs is 1. The average molecular weight is 410 g/mol. The molecule has 1 N–H and O–H groups in total. The molecule has 2 unspecified atom stereocenters. The third-order valence-electron chi connectivity index (χ3n) is 6.30. The van der Waals surface area contributed by atoms with Crippen LogP contribution in [-0.4, -0.2) is 49.4 Å². The maximum absolute atomic E-state index is 12.3. The van der Waals surface area contributed by atoms with Gasteiger partial charge in [0.1, 0.15) is 5.75 Å². The Bertz CT molecular complexity index is 709. The average Bonchev–Trinajstić information content (AvgIpc) is 3.02. The number of halogens is 3. The molecule has 1 aromatic carbocycles. The fourth-order valence-electron chi connectivity index (χ4n) is 4.87. The SMILES string of the molecule is O=C(CN1CC2C(C[N-]Cc3cccc(OC(F)(F)F)c3)C2C1)NC1CCCC1. The number of hydrogen-bond acceptors (Lipinski definition) is 3. The van der Waals surface area contributed by atoms with Crippen LogP contribution in [0.1, 0.15) is 31.2 Å². The third-order valence-corrected chi connectivity index (χ3v) is 6.30.